The summed E-state index contributed by atoms with van der Waals surface area (Å²) in [5.41, 5.74) is 5.55. The minimum absolute atomic E-state index is 0.321. The van der Waals surface area contributed by atoms with E-state index < -0.39 is 0 Å². The van der Waals surface area contributed by atoms with Crippen molar-refractivity contribution >= 4 is 27.7 Å². The molecule has 2 rings (SSSR count). The highest BCUT2D eigenvalue weighted by Gasteiger charge is 2.14. The number of halogens is 1. The number of hydrogen-bond acceptors (Lipinski definition) is 5. The minimum Gasteiger partial charge on any atom is -0.368 e. The lowest BCUT2D eigenvalue weighted by Gasteiger charge is -2.28. The van der Waals surface area contributed by atoms with E-state index in [2.05, 4.69) is 36.1 Å². The predicted octanol–water partition coefficient (Wildman–Crippen LogP) is 0.231. The summed E-state index contributed by atoms with van der Waals surface area (Å²) < 4.78 is 0.897. The van der Waals surface area contributed by atoms with Crippen LogP contribution in [-0.4, -0.2) is 36.1 Å². The van der Waals surface area contributed by atoms with Gasteiger partial charge in [0.05, 0.1) is 4.47 Å². The molecule has 1 aliphatic rings. The van der Waals surface area contributed by atoms with Crippen LogP contribution < -0.4 is 16.0 Å². The van der Waals surface area contributed by atoms with Gasteiger partial charge in [0.15, 0.2) is 0 Å². The molecule has 14 heavy (non-hydrogen) atoms. The standard InChI is InChI=1S/C8H12BrN5/c9-6-5-12-8(10)13-7(6)14-3-1-11-2-4-14/h5,11H,1-4H2,(H2,10,12,13). The van der Waals surface area contributed by atoms with Crippen LogP contribution in [0.5, 0.6) is 0 Å². The molecule has 2 heterocycles. The molecule has 5 nitrogen and oxygen atoms in total. The summed E-state index contributed by atoms with van der Waals surface area (Å²) in [7, 11) is 0. The molecule has 0 aliphatic carbocycles. The summed E-state index contributed by atoms with van der Waals surface area (Å²) in [5, 5.41) is 3.29. The van der Waals surface area contributed by atoms with Gasteiger partial charge in [0.1, 0.15) is 5.82 Å². The van der Waals surface area contributed by atoms with Crippen molar-refractivity contribution in [2.45, 2.75) is 0 Å². The first kappa shape index (κ1) is 9.67. The Morgan fingerprint density at radius 1 is 1.43 bits per heavy atom. The molecule has 1 aliphatic heterocycles. The van der Waals surface area contributed by atoms with E-state index in [1.807, 2.05) is 0 Å². The molecular weight excluding hydrogens is 246 g/mol. The number of hydrogen-bond donors (Lipinski definition) is 2. The van der Waals surface area contributed by atoms with Crippen LogP contribution in [0.3, 0.4) is 0 Å². The topological polar surface area (TPSA) is 67.1 Å². The SMILES string of the molecule is Nc1ncc(Br)c(N2CCNCC2)n1. The third-order valence-corrected chi connectivity index (χ3v) is 2.72. The van der Waals surface area contributed by atoms with E-state index in [1.165, 1.54) is 0 Å². The van der Waals surface area contributed by atoms with Crippen molar-refractivity contribution in [1.29, 1.82) is 0 Å². The second kappa shape index (κ2) is 4.10. The van der Waals surface area contributed by atoms with E-state index in [-0.39, 0.29) is 0 Å². The number of rotatable bonds is 1. The van der Waals surface area contributed by atoms with E-state index >= 15 is 0 Å². The first-order chi connectivity index (χ1) is 6.77. The van der Waals surface area contributed by atoms with Gasteiger partial charge in [0.2, 0.25) is 5.95 Å². The summed E-state index contributed by atoms with van der Waals surface area (Å²) in [4.78, 5) is 10.3. The molecule has 0 atom stereocenters. The smallest absolute Gasteiger partial charge is 0.222 e. The summed E-state index contributed by atoms with van der Waals surface area (Å²) in [6.45, 7) is 3.87. The zero-order chi connectivity index (χ0) is 9.97. The lowest BCUT2D eigenvalue weighted by Crippen LogP contribution is -2.44. The number of nitrogen functional groups attached to an aromatic ring is 1. The minimum atomic E-state index is 0.321. The van der Waals surface area contributed by atoms with Gasteiger partial charge in [-0.1, -0.05) is 0 Å². The summed E-state index contributed by atoms with van der Waals surface area (Å²) in [6.07, 6.45) is 1.69. The maximum Gasteiger partial charge on any atom is 0.222 e. The first-order valence-electron chi connectivity index (χ1n) is 4.51. The molecule has 0 unspecified atom stereocenters. The average molecular weight is 258 g/mol. The van der Waals surface area contributed by atoms with Crippen molar-refractivity contribution in [3.05, 3.63) is 10.7 Å². The lowest BCUT2D eigenvalue weighted by molar-refractivity contribution is 0.584. The van der Waals surface area contributed by atoms with Crippen LogP contribution in [0.2, 0.25) is 0 Å². The summed E-state index contributed by atoms with van der Waals surface area (Å²) >= 11 is 3.42. The van der Waals surface area contributed by atoms with Crippen molar-refractivity contribution < 1.29 is 0 Å². The normalized spacial score (nSPS) is 17.1. The highest BCUT2D eigenvalue weighted by Crippen LogP contribution is 2.23. The Kier molecular flexibility index (Phi) is 2.83. The number of aromatic nitrogens is 2. The quantitative estimate of drug-likeness (QED) is 0.754. The van der Waals surface area contributed by atoms with Crippen LogP contribution in [0.15, 0.2) is 10.7 Å². The van der Waals surface area contributed by atoms with E-state index in [4.69, 9.17) is 5.73 Å². The van der Waals surface area contributed by atoms with Crippen LogP contribution in [0, 0.1) is 0 Å². The maximum absolute atomic E-state index is 5.55. The average Bonchev–Trinajstić information content (AvgIpc) is 2.23. The van der Waals surface area contributed by atoms with E-state index in [1.54, 1.807) is 6.20 Å². The molecule has 3 N–H and O–H groups in total. The van der Waals surface area contributed by atoms with Crippen molar-refractivity contribution in [2.24, 2.45) is 0 Å². The molecule has 6 heteroatoms. The largest absolute Gasteiger partial charge is 0.368 e. The van der Waals surface area contributed by atoms with E-state index in [0.29, 0.717) is 5.95 Å². The van der Waals surface area contributed by atoms with Crippen LogP contribution in [0.25, 0.3) is 0 Å². The molecule has 0 radical (unpaired) electrons. The Hall–Kier alpha value is -0.880. The van der Waals surface area contributed by atoms with Crippen LogP contribution >= 0.6 is 15.9 Å². The van der Waals surface area contributed by atoms with Gasteiger partial charge in [0, 0.05) is 32.4 Å². The van der Waals surface area contributed by atoms with Crippen molar-refractivity contribution in [1.82, 2.24) is 15.3 Å². The van der Waals surface area contributed by atoms with Crippen molar-refractivity contribution in [3.63, 3.8) is 0 Å². The zero-order valence-electron chi connectivity index (χ0n) is 7.70. The zero-order valence-corrected chi connectivity index (χ0v) is 9.29. The molecule has 76 valence electrons. The molecular formula is C8H12BrN5. The van der Waals surface area contributed by atoms with Crippen LogP contribution in [0.4, 0.5) is 11.8 Å². The third kappa shape index (κ3) is 1.96. The molecule has 0 saturated carbocycles. The van der Waals surface area contributed by atoms with Gasteiger partial charge >= 0.3 is 0 Å². The highest BCUT2D eigenvalue weighted by molar-refractivity contribution is 9.10. The van der Waals surface area contributed by atoms with Gasteiger partial charge in [-0.25, -0.2) is 4.98 Å². The highest BCUT2D eigenvalue weighted by atomic mass is 79.9. The lowest BCUT2D eigenvalue weighted by atomic mass is 10.3. The second-order valence-electron chi connectivity index (χ2n) is 3.14. The van der Waals surface area contributed by atoms with Crippen LogP contribution in [0.1, 0.15) is 0 Å². The van der Waals surface area contributed by atoms with Gasteiger partial charge < -0.3 is 16.0 Å². The molecule has 1 aromatic heterocycles. The van der Waals surface area contributed by atoms with Crippen molar-refractivity contribution in [2.75, 3.05) is 36.8 Å². The van der Waals surface area contributed by atoms with E-state index in [9.17, 15) is 0 Å². The van der Waals surface area contributed by atoms with Gasteiger partial charge in [-0.2, -0.15) is 4.98 Å². The third-order valence-electron chi connectivity index (χ3n) is 2.16. The van der Waals surface area contributed by atoms with Gasteiger partial charge in [-0.15, -0.1) is 0 Å². The molecule has 0 amide bonds. The first-order valence-corrected chi connectivity index (χ1v) is 5.30. The van der Waals surface area contributed by atoms with Gasteiger partial charge in [0.25, 0.3) is 0 Å². The number of anilines is 2. The Balaban J connectivity index is 2.24. The molecule has 0 aromatic carbocycles. The Morgan fingerprint density at radius 3 is 2.86 bits per heavy atom. The number of piperazine rings is 1. The van der Waals surface area contributed by atoms with Crippen LogP contribution in [-0.2, 0) is 0 Å². The Bertz CT molecular complexity index is 324. The maximum atomic E-state index is 5.55. The van der Waals surface area contributed by atoms with Crippen molar-refractivity contribution in [3.8, 4) is 0 Å². The number of nitrogens with two attached hydrogens (primary N) is 1. The molecule has 1 aromatic rings. The summed E-state index contributed by atoms with van der Waals surface area (Å²) in [5.74, 6) is 1.21. The second-order valence-corrected chi connectivity index (χ2v) is 3.99. The number of nitrogens with zero attached hydrogens (tertiary/aromatic N) is 3. The molecule has 1 fully saturated rings. The van der Waals surface area contributed by atoms with Gasteiger partial charge in [-0.05, 0) is 15.9 Å². The fourth-order valence-corrected chi connectivity index (χ4v) is 1.91. The Morgan fingerprint density at radius 2 is 2.14 bits per heavy atom. The molecule has 1 saturated heterocycles. The summed E-state index contributed by atoms with van der Waals surface area (Å²) in [6, 6.07) is 0. The molecule has 0 bridgehead atoms. The predicted molar refractivity (Wildman–Crippen MR) is 59.2 cm³/mol. The molecule has 0 spiro atoms. The number of nitrogens with one attached hydrogen (secondary N) is 1. The Labute approximate surface area is 90.8 Å². The van der Waals surface area contributed by atoms with E-state index in [0.717, 1.165) is 36.5 Å². The fourth-order valence-electron chi connectivity index (χ4n) is 1.47. The monoisotopic (exact) mass is 257 g/mol. The van der Waals surface area contributed by atoms with Gasteiger partial charge in [-0.3, -0.25) is 0 Å². The fraction of sp³-hybridized carbons (Fsp3) is 0.500.